The Labute approximate surface area is 139 Å². The smallest absolute Gasteiger partial charge is 0.200 e. The van der Waals surface area contributed by atoms with Crippen molar-refractivity contribution in [1.82, 2.24) is 0 Å². The molecule has 0 heterocycles. The molecule has 1 N–H and O–H groups in total. The SMILES string of the molecule is C=CC[C@H](O[Si](C(C)C)(C(C)C)C(C)C)[C@@H](C)[C@H](O)C#CC. The van der Waals surface area contributed by atoms with Crippen molar-refractivity contribution in [1.29, 1.82) is 0 Å². The summed E-state index contributed by atoms with van der Waals surface area (Å²) in [6, 6.07) is 0. The monoisotopic (exact) mass is 324 g/mol. The highest BCUT2D eigenvalue weighted by Gasteiger charge is 2.47. The number of aliphatic hydroxyl groups is 1. The van der Waals surface area contributed by atoms with E-state index in [4.69, 9.17) is 4.43 Å². The van der Waals surface area contributed by atoms with Crippen molar-refractivity contribution in [3.63, 3.8) is 0 Å². The molecule has 0 aliphatic heterocycles. The molecule has 128 valence electrons. The van der Waals surface area contributed by atoms with Crippen LogP contribution in [-0.2, 0) is 4.43 Å². The Morgan fingerprint density at radius 1 is 1.05 bits per heavy atom. The van der Waals surface area contributed by atoms with Crippen molar-refractivity contribution in [2.24, 2.45) is 5.92 Å². The number of aliphatic hydroxyl groups excluding tert-OH is 1. The van der Waals surface area contributed by atoms with Crippen molar-refractivity contribution in [3.05, 3.63) is 12.7 Å². The van der Waals surface area contributed by atoms with Crippen molar-refractivity contribution in [2.75, 3.05) is 0 Å². The van der Waals surface area contributed by atoms with Gasteiger partial charge in [0, 0.05) is 5.92 Å². The average Bonchev–Trinajstić information content (AvgIpc) is 2.41. The molecule has 3 atom stereocenters. The van der Waals surface area contributed by atoms with Crippen LogP contribution >= 0.6 is 0 Å². The Kier molecular flexibility index (Phi) is 9.30. The molecule has 0 unspecified atom stereocenters. The van der Waals surface area contributed by atoms with Gasteiger partial charge in [0.1, 0.15) is 6.10 Å². The van der Waals surface area contributed by atoms with Gasteiger partial charge in [0.05, 0.1) is 6.10 Å². The lowest BCUT2D eigenvalue weighted by Gasteiger charge is -2.46. The van der Waals surface area contributed by atoms with Crippen molar-refractivity contribution >= 4 is 8.32 Å². The van der Waals surface area contributed by atoms with Gasteiger partial charge in [0.2, 0.25) is 8.32 Å². The van der Waals surface area contributed by atoms with Crippen LogP contribution in [0.5, 0.6) is 0 Å². The molecule has 0 radical (unpaired) electrons. The van der Waals surface area contributed by atoms with Crippen molar-refractivity contribution in [2.45, 2.75) is 90.6 Å². The molecule has 0 aromatic rings. The average molecular weight is 325 g/mol. The van der Waals surface area contributed by atoms with E-state index in [0.29, 0.717) is 16.6 Å². The van der Waals surface area contributed by atoms with Gasteiger partial charge in [-0.25, -0.2) is 0 Å². The Bertz CT molecular complexity index is 368. The fourth-order valence-electron chi connectivity index (χ4n) is 3.69. The van der Waals surface area contributed by atoms with E-state index in [1.807, 2.05) is 13.0 Å². The summed E-state index contributed by atoms with van der Waals surface area (Å²) in [5.41, 5.74) is 1.59. The molecule has 0 aromatic heterocycles. The second-order valence-electron chi connectivity index (χ2n) is 7.20. The van der Waals surface area contributed by atoms with Gasteiger partial charge < -0.3 is 9.53 Å². The van der Waals surface area contributed by atoms with Gasteiger partial charge >= 0.3 is 0 Å². The lowest BCUT2D eigenvalue weighted by atomic mass is 9.96. The van der Waals surface area contributed by atoms with Crippen LogP contribution in [0.1, 0.15) is 61.8 Å². The lowest BCUT2D eigenvalue weighted by molar-refractivity contribution is 0.0555. The summed E-state index contributed by atoms with van der Waals surface area (Å²) in [7, 11) is -1.97. The van der Waals surface area contributed by atoms with Crippen molar-refractivity contribution < 1.29 is 9.53 Å². The molecule has 0 aromatic carbocycles. The molecule has 0 bridgehead atoms. The first-order chi connectivity index (χ1) is 10.1. The maximum Gasteiger partial charge on any atom is 0.200 e. The van der Waals surface area contributed by atoms with Crippen LogP contribution in [-0.4, -0.2) is 25.6 Å². The Morgan fingerprint density at radius 3 is 1.82 bits per heavy atom. The first kappa shape index (κ1) is 21.4. The van der Waals surface area contributed by atoms with E-state index >= 15 is 0 Å². The van der Waals surface area contributed by atoms with Gasteiger partial charge in [0.25, 0.3) is 0 Å². The quantitative estimate of drug-likeness (QED) is 0.361. The molecule has 0 rings (SSSR count). The summed E-state index contributed by atoms with van der Waals surface area (Å²) in [5.74, 6) is 5.65. The predicted molar refractivity (Wildman–Crippen MR) is 99.4 cm³/mol. The third-order valence-electron chi connectivity index (χ3n) is 4.84. The zero-order valence-corrected chi connectivity index (χ0v) is 16.8. The Balaban J connectivity index is 5.56. The minimum absolute atomic E-state index is 0.0198. The summed E-state index contributed by atoms with van der Waals surface area (Å²) in [5, 5.41) is 10.3. The summed E-state index contributed by atoms with van der Waals surface area (Å²) in [6.07, 6.45) is 1.98. The van der Waals surface area contributed by atoms with E-state index < -0.39 is 14.4 Å². The van der Waals surface area contributed by atoms with Crippen molar-refractivity contribution in [3.8, 4) is 11.8 Å². The van der Waals surface area contributed by atoms with E-state index in [1.54, 1.807) is 6.92 Å². The molecule has 22 heavy (non-hydrogen) atoms. The molecular weight excluding hydrogens is 288 g/mol. The van der Waals surface area contributed by atoms with Crippen LogP contribution in [0.3, 0.4) is 0 Å². The molecule has 0 aliphatic carbocycles. The highest BCUT2D eigenvalue weighted by atomic mass is 28.4. The highest BCUT2D eigenvalue weighted by Crippen LogP contribution is 2.44. The molecule has 2 nitrogen and oxygen atoms in total. The van der Waals surface area contributed by atoms with Crippen LogP contribution in [0.25, 0.3) is 0 Å². The maximum absolute atomic E-state index is 10.3. The molecule has 0 saturated heterocycles. The number of rotatable bonds is 9. The third kappa shape index (κ3) is 4.98. The van der Waals surface area contributed by atoms with Crippen LogP contribution in [0.2, 0.25) is 16.6 Å². The topological polar surface area (TPSA) is 29.5 Å². The third-order valence-corrected chi connectivity index (χ3v) is 11.0. The van der Waals surface area contributed by atoms with Crippen LogP contribution < -0.4 is 0 Å². The fraction of sp³-hybridized carbons (Fsp3) is 0.789. The minimum Gasteiger partial charge on any atom is -0.412 e. The largest absolute Gasteiger partial charge is 0.412 e. The first-order valence-electron chi connectivity index (χ1n) is 8.54. The standard InChI is InChI=1S/C19H36O2Si/c1-10-12-18(20)17(9)19(13-11-2)21-22(14(3)4,15(5)6)16(7)8/h11,14-20H,2,13H2,1,3-9H3/t17-,18+,19-/m0/s1. The van der Waals surface area contributed by atoms with Gasteiger partial charge in [-0.15, -0.1) is 12.5 Å². The van der Waals surface area contributed by atoms with Crippen LogP contribution in [0.4, 0.5) is 0 Å². The molecule has 0 aliphatic rings. The van der Waals surface area contributed by atoms with Gasteiger partial charge in [-0.3, -0.25) is 0 Å². The molecule has 3 heteroatoms. The van der Waals surface area contributed by atoms with E-state index in [9.17, 15) is 5.11 Å². The molecule has 0 amide bonds. The summed E-state index contributed by atoms with van der Waals surface area (Å²) in [4.78, 5) is 0. The number of hydrogen-bond donors (Lipinski definition) is 1. The number of hydrogen-bond acceptors (Lipinski definition) is 2. The molecule has 0 fully saturated rings. The molecule has 0 saturated carbocycles. The maximum atomic E-state index is 10.3. The zero-order chi connectivity index (χ0) is 17.5. The van der Waals surface area contributed by atoms with E-state index in [0.717, 1.165) is 6.42 Å². The lowest BCUT2D eigenvalue weighted by Crippen LogP contribution is -2.52. The van der Waals surface area contributed by atoms with Crippen LogP contribution in [0.15, 0.2) is 12.7 Å². The summed E-state index contributed by atoms with van der Waals surface area (Å²) in [6.45, 7) is 21.4. The molecule has 0 spiro atoms. The van der Waals surface area contributed by atoms with E-state index in [2.05, 4.69) is 60.0 Å². The molecular formula is C19H36O2Si. The summed E-state index contributed by atoms with van der Waals surface area (Å²) >= 11 is 0. The van der Waals surface area contributed by atoms with Gasteiger partial charge in [0.15, 0.2) is 0 Å². The van der Waals surface area contributed by atoms with Gasteiger partial charge in [-0.05, 0) is 30.0 Å². The van der Waals surface area contributed by atoms with Gasteiger partial charge in [-0.1, -0.05) is 60.5 Å². The van der Waals surface area contributed by atoms with E-state index in [-0.39, 0.29) is 12.0 Å². The highest BCUT2D eigenvalue weighted by molar-refractivity contribution is 6.77. The Morgan fingerprint density at radius 2 is 1.50 bits per heavy atom. The second-order valence-corrected chi connectivity index (χ2v) is 12.6. The minimum atomic E-state index is -1.97. The fourth-order valence-corrected chi connectivity index (χ4v) is 9.34. The first-order valence-corrected chi connectivity index (χ1v) is 10.7. The summed E-state index contributed by atoms with van der Waals surface area (Å²) < 4.78 is 6.83. The van der Waals surface area contributed by atoms with E-state index in [1.165, 1.54) is 0 Å². The Hall–Kier alpha value is -0.563. The normalized spacial score (nSPS) is 16.4. The predicted octanol–water partition coefficient (Wildman–Crippen LogP) is 5.14. The zero-order valence-electron chi connectivity index (χ0n) is 15.8. The van der Waals surface area contributed by atoms with Gasteiger partial charge in [-0.2, -0.15) is 0 Å². The van der Waals surface area contributed by atoms with Crippen LogP contribution in [0, 0.1) is 17.8 Å². The second kappa shape index (κ2) is 9.55.